The number of fused-ring (bicyclic) bond motifs is 2. The van der Waals surface area contributed by atoms with Gasteiger partial charge in [-0.05, 0) is 51.3 Å². The lowest BCUT2D eigenvalue weighted by molar-refractivity contribution is -0.141. The monoisotopic (exact) mass is 311 g/mol. The summed E-state index contributed by atoms with van der Waals surface area (Å²) in [4.78, 5) is 20.3. The third kappa shape index (κ3) is 2.19. The summed E-state index contributed by atoms with van der Waals surface area (Å²) in [5.74, 6) is 0.321. The topological polar surface area (TPSA) is 39.3 Å². The minimum absolute atomic E-state index is 0.102. The molecule has 4 heteroatoms. The first-order valence-electron chi connectivity index (χ1n) is 8.62. The molecule has 1 atom stereocenters. The van der Waals surface area contributed by atoms with E-state index in [0.717, 1.165) is 32.5 Å². The maximum Gasteiger partial charge on any atom is 0.224 e. The molecule has 1 aromatic heterocycles. The molecule has 1 N–H and O–H groups in total. The first-order chi connectivity index (χ1) is 11.0. The molecule has 1 aromatic carbocycles. The molecule has 2 saturated heterocycles. The van der Waals surface area contributed by atoms with E-state index in [9.17, 15) is 4.79 Å². The summed E-state index contributed by atoms with van der Waals surface area (Å²) in [6.45, 7) is 9.44. The van der Waals surface area contributed by atoms with Gasteiger partial charge in [0, 0.05) is 42.7 Å². The van der Waals surface area contributed by atoms with Crippen LogP contribution in [0.5, 0.6) is 0 Å². The standard InChI is InChI=1S/C19H25N3O/c1-13-5-6-16-15(11-13)14(2)17(20-16)12-21-9-4-10-22-18(23)7-8-19(21,22)3/h5-6,11,20H,4,7-10,12H2,1-3H3. The summed E-state index contributed by atoms with van der Waals surface area (Å²) in [5, 5.41) is 1.32. The van der Waals surface area contributed by atoms with Gasteiger partial charge in [0.2, 0.25) is 5.91 Å². The first-order valence-corrected chi connectivity index (χ1v) is 8.62. The number of carbonyl (C=O) groups is 1. The largest absolute Gasteiger partial charge is 0.357 e. The average molecular weight is 311 g/mol. The van der Waals surface area contributed by atoms with E-state index in [-0.39, 0.29) is 5.66 Å². The van der Waals surface area contributed by atoms with Gasteiger partial charge in [-0.3, -0.25) is 9.69 Å². The van der Waals surface area contributed by atoms with Gasteiger partial charge in [0.05, 0.1) is 5.66 Å². The number of carbonyl (C=O) groups excluding carboxylic acids is 1. The molecule has 1 amide bonds. The van der Waals surface area contributed by atoms with Crippen LogP contribution in [0.15, 0.2) is 18.2 Å². The quantitative estimate of drug-likeness (QED) is 0.924. The van der Waals surface area contributed by atoms with Crippen molar-refractivity contribution >= 4 is 16.8 Å². The molecule has 4 nitrogen and oxygen atoms in total. The lowest BCUT2D eigenvalue weighted by Crippen LogP contribution is -2.60. The molecule has 1 unspecified atom stereocenters. The van der Waals surface area contributed by atoms with Crippen LogP contribution in [0.2, 0.25) is 0 Å². The highest BCUT2D eigenvalue weighted by molar-refractivity contribution is 5.85. The van der Waals surface area contributed by atoms with Crippen LogP contribution in [-0.4, -0.2) is 39.4 Å². The summed E-state index contributed by atoms with van der Waals surface area (Å²) in [6, 6.07) is 6.58. The predicted molar refractivity (Wildman–Crippen MR) is 92.2 cm³/mol. The van der Waals surface area contributed by atoms with Crippen molar-refractivity contribution in [2.75, 3.05) is 13.1 Å². The maximum absolute atomic E-state index is 12.1. The Labute approximate surface area is 137 Å². The number of hydrogen-bond donors (Lipinski definition) is 1. The molecule has 0 bridgehead atoms. The molecule has 0 radical (unpaired) electrons. The highest BCUT2D eigenvalue weighted by Crippen LogP contribution is 2.38. The van der Waals surface area contributed by atoms with Gasteiger partial charge in [-0.25, -0.2) is 0 Å². The minimum Gasteiger partial charge on any atom is -0.357 e. The summed E-state index contributed by atoms with van der Waals surface area (Å²) in [6.07, 6.45) is 2.71. The van der Waals surface area contributed by atoms with Crippen LogP contribution >= 0.6 is 0 Å². The SMILES string of the molecule is Cc1ccc2[nH]c(CN3CCCN4C(=O)CCC34C)c(C)c2c1. The van der Waals surface area contributed by atoms with Crippen molar-refractivity contribution in [1.82, 2.24) is 14.8 Å². The van der Waals surface area contributed by atoms with Gasteiger partial charge in [0.1, 0.15) is 0 Å². The summed E-state index contributed by atoms with van der Waals surface area (Å²) in [5.41, 5.74) is 5.03. The van der Waals surface area contributed by atoms with E-state index in [4.69, 9.17) is 0 Å². The number of rotatable bonds is 2. The lowest BCUT2D eigenvalue weighted by Gasteiger charge is -2.48. The Morgan fingerprint density at radius 1 is 1.26 bits per heavy atom. The number of nitrogens with one attached hydrogen (secondary N) is 1. The molecule has 2 fully saturated rings. The number of benzene rings is 1. The third-order valence-electron chi connectivity index (χ3n) is 5.85. The van der Waals surface area contributed by atoms with E-state index < -0.39 is 0 Å². The average Bonchev–Trinajstić information content (AvgIpc) is 3.00. The molecule has 0 spiro atoms. The minimum atomic E-state index is -0.102. The molecule has 2 aromatic rings. The van der Waals surface area contributed by atoms with E-state index >= 15 is 0 Å². The van der Waals surface area contributed by atoms with Gasteiger partial charge in [0.25, 0.3) is 0 Å². The van der Waals surface area contributed by atoms with Gasteiger partial charge >= 0.3 is 0 Å². The maximum atomic E-state index is 12.1. The van der Waals surface area contributed by atoms with Crippen molar-refractivity contribution in [3.8, 4) is 0 Å². The zero-order valence-corrected chi connectivity index (χ0v) is 14.3. The fourth-order valence-corrected chi connectivity index (χ4v) is 4.33. The second-order valence-corrected chi connectivity index (χ2v) is 7.32. The summed E-state index contributed by atoms with van der Waals surface area (Å²) in [7, 11) is 0. The number of aromatic amines is 1. The zero-order chi connectivity index (χ0) is 16.2. The number of H-pyrrole nitrogens is 1. The van der Waals surface area contributed by atoms with Crippen LogP contribution < -0.4 is 0 Å². The van der Waals surface area contributed by atoms with Crippen LogP contribution in [0.4, 0.5) is 0 Å². The zero-order valence-electron chi connectivity index (χ0n) is 14.3. The Bertz CT molecular complexity index is 778. The van der Waals surface area contributed by atoms with Crippen molar-refractivity contribution in [3.05, 3.63) is 35.0 Å². The van der Waals surface area contributed by atoms with E-state index in [0.29, 0.717) is 12.3 Å². The molecule has 0 aliphatic carbocycles. The normalized spacial score (nSPS) is 25.3. The van der Waals surface area contributed by atoms with Gasteiger partial charge in [-0.15, -0.1) is 0 Å². The third-order valence-corrected chi connectivity index (χ3v) is 5.85. The number of hydrogen-bond acceptors (Lipinski definition) is 2. The molecule has 23 heavy (non-hydrogen) atoms. The van der Waals surface area contributed by atoms with Gasteiger partial charge in [-0.1, -0.05) is 11.6 Å². The number of amides is 1. The Morgan fingerprint density at radius 2 is 2.09 bits per heavy atom. The van der Waals surface area contributed by atoms with Crippen LogP contribution in [0.1, 0.15) is 43.0 Å². The van der Waals surface area contributed by atoms with E-state index in [1.54, 1.807) is 0 Å². The summed E-state index contributed by atoms with van der Waals surface area (Å²) >= 11 is 0. The smallest absolute Gasteiger partial charge is 0.224 e. The fourth-order valence-electron chi connectivity index (χ4n) is 4.33. The van der Waals surface area contributed by atoms with Crippen molar-refractivity contribution < 1.29 is 4.79 Å². The number of nitrogens with zero attached hydrogens (tertiary/aromatic N) is 2. The van der Waals surface area contributed by atoms with Crippen molar-refractivity contribution in [3.63, 3.8) is 0 Å². The molecular weight excluding hydrogens is 286 g/mol. The molecule has 122 valence electrons. The second kappa shape index (κ2) is 5.10. The van der Waals surface area contributed by atoms with E-state index in [1.807, 2.05) is 0 Å². The Kier molecular flexibility index (Phi) is 3.27. The Hall–Kier alpha value is -1.81. The van der Waals surface area contributed by atoms with E-state index in [1.165, 1.54) is 27.7 Å². The lowest BCUT2D eigenvalue weighted by atomic mass is 10.0. The van der Waals surface area contributed by atoms with Crippen molar-refractivity contribution in [2.45, 2.75) is 52.2 Å². The highest BCUT2D eigenvalue weighted by Gasteiger charge is 2.47. The van der Waals surface area contributed by atoms with Crippen molar-refractivity contribution in [2.24, 2.45) is 0 Å². The first kappa shape index (κ1) is 14.8. The van der Waals surface area contributed by atoms with Crippen LogP contribution in [0, 0.1) is 13.8 Å². The molecule has 2 aliphatic rings. The van der Waals surface area contributed by atoms with Gasteiger partial charge in [0.15, 0.2) is 0 Å². The fraction of sp³-hybridized carbons (Fsp3) is 0.526. The second-order valence-electron chi connectivity index (χ2n) is 7.32. The Balaban J connectivity index is 1.67. The van der Waals surface area contributed by atoms with E-state index in [2.05, 4.69) is 53.8 Å². The molecule has 4 rings (SSSR count). The van der Waals surface area contributed by atoms with Gasteiger partial charge in [-0.2, -0.15) is 0 Å². The number of aromatic nitrogens is 1. The Morgan fingerprint density at radius 3 is 2.91 bits per heavy atom. The molecule has 0 saturated carbocycles. The van der Waals surface area contributed by atoms with Crippen LogP contribution in [0.3, 0.4) is 0 Å². The molecular formula is C19H25N3O. The van der Waals surface area contributed by atoms with Crippen LogP contribution in [-0.2, 0) is 11.3 Å². The van der Waals surface area contributed by atoms with Crippen LogP contribution in [0.25, 0.3) is 10.9 Å². The summed E-state index contributed by atoms with van der Waals surface area (Å²) < 4.78 is 0. The molecule has 2 aliphatic heterocycles. The predicted octanol–water partition coefficient (Wildman–Crippen LogP) is 3.33. The highest BCUT2D eigenvalue weighted by atomic mass is 16.2. The van der Waals surface area contributed by atoms with Crippen molar-refractivity contribution in [1.29, 1.82) is 0 Å². The molecule has 3 heterocycles. The number of aryl methyl sites for hydroxylation is 2. The van der Waals surface area contributed by atoms with Gasteiger partial charge < -0.3 is 9.88 Å².